The molecule has 0 aliphatic heterocycles. The summed E-state index contributed by atoms with van der Waals surface area (Å²) in [6, 6.07) is 10.5. The highest BCUT2D eigenvalue weighted by molar-refractivity contribution is 7.90. The van der Waals surface area contributed by atoms with Crippen LogP contribution in [0.2, 0.25) is 0 Å². The van der Waals surface area contributed by atoms with Crippen molar-refractivity contribution < 1.29 is 8.42 Å². The first-order valence-electron chi connectivity index (χ1n) is 5.48. The van der Waals surface area contributed by atoms with E-state index in [1.54, 1.807) is 12.1 Å². The summed E-state index contributed by atoms with van der Waals surface area (Å²) in [6.07, 6.45) is 1.43. The molecule has 0 aliphatic rings. The van der Waals surface area contributed by atoms with Crippen molar-refractivity contribution in [3.8, 4) is 0 Å². The van der Waals surface area contributed by atoms with Crippen LogP contribution in [0.25, 0.3) is 0 Å². The number of pyridine rings is 1. The molecule has 94 valence electrons. The number of aryl methyl sites for hydroxylation is 1. The number of nitrogens with zero attached hydrogens (tertiary/aromatic N) is 1. The van der Waals surface area contributed by atoms with Crippen LogP contribution < -0.4 is 5.73 Å². The molecule has 0 aliphatic carbocycles. The van der Waals surface area contributed by atoms with E-state index in [-0.39, 0.29) is 16.5 Å². The van der Waals surface area contributed by atoms with Gasteiger partial charge >= 0.3 is 0 Å². The molecule has 4 nitrogen and oxygen atoms in total. The van der Waals surface area contributed by atoms with Crippen LogP contribution in [0.15, 0.2) is 47.6 Å². The maximum absolute atomic E-state index is 12.2. The number of nitrogen functional groups attached to an aromatic ring is 1. The zero-order valence-corrected chi connectivity index (χ0v) is 10.8. The van der Waals surface area contributed by atoms with Gasteiger partial charge in [-0.1, -0.05) is 24.3 Å². The van der Waals surface area contributed by atoms with Gasteiger partial charge in [0.05, 0.1) is 11.4 Å². The van der Waals surface area contributed by atoms with Crippen LogP contribution in [0, 0.1) is 6.92 Å². The van der Waals surface area contributed by atoms with E-state index in [9.17, 15) is 8.42 Å². The van der Waals surface area contributed by atoms with Crippen LogP contribution in [-0.4, -0.2) is 13.4 Å². The lowest BCUT2D eigenvalue weighted by atomic mass is 10.1. The Balaban J connectivity index is 2.40. The highest BCUT2D eigenvalue weighted by Gasteiger charge is 2.20. The fraction of sp³-hybridized carbons (Fsp3) is 0.154. The van der Waals surface area contributed by atoms with Gasteiger partial charge in [0.1, 0.15) is 0 Å². The second kappa shape index (κ2) is 4.78. The van der Waals surface area contributed by atoms with Crippen molar-refractivity contribution in [2.24, 2.45) is 0 Å². The van der Waals surface area contributed by atoms with Gasteiger partial charge in [-0.2, -0.15) is 0 Å². The van der Waals surface area contributed by atoms with Crippen LogP contribution in [0.4, 0.5) is 5.69 Å². The summed E-state index contributed by atoms with van der Waals surface area (Å²) in [5.74, 6) is -0.0825. The largest absolute Gasteiger partial charge is 0.396 e. The number of hydrogen-bond donors (Lipinski definition) is 1. The predicted molar refractivity (Wildman–Crippen MR) is 70.7 cm³/mol. The second-order valence-corrected chi connectivity index (χ2v) is 5.99. The Morgan fingerprint density at radius 1 is 1.17 bits per heavy atom. The number of aromatic nitrogens is 1. The van der Waals surface area contributed by atoms with E-state index in [1.165, 1.54) is 12.3 Å². The van der Waals surface area contributed by atoms with Crippen LogP contribution in [0.5, 0.6) is 0 Å². The van der Waals surface area contributed by atoms with E-state index in [0.717, 1.165) is 11.1 Å². The molecule has 0 fully saturated rings. The second-order valence-electron chi connectivity index (χ2n) is 4.08. The lowest BCUT2D eigenvalue weighted by Gasteiger charge is -2.08. The van der Waals surface area contributed by atoms with Gasteiger partial charge in [0.15, 0.2) is 5.03 Å². The van der Waals surface area contributed by atoms with Gasteiger partial charge in [-0.05, 0) is 30.2 Å². The van der Waals surface area contributed by atoms with Crippen molar-refractivity contribution in [2.75, 3.05) is 5.73 Å². The van der Waals surface area contributed by atoms with Gasteiger partial charge < -0.3 is 5.73 Å². The van der Waals surface area contributed by atoms with Crippen molar-refractivity contribution in [1.29, 1.82) is 0 Å². The molecule has 0 spiro atoms. The minimum atomic E-state index is -3.50. The van der Waals surface area contributed by atoms with Crippen molar-refractivity contribution in [3.05, 3.63) is 53.7 Å². The van der Waals surface area contributed by atoms with E-state index in [4.69, 9.17) is 5.73 Å². The van der Waals surface area contributed by atoms with Crippen molar-refractivity contribution in [3.63, 3.8) is 0 Å². The van der Waals surface area contributed by atoms with Crippen LogP contribution in [0.3, 0.4) is 0 Å². The first-order chi connectivity index (χ1) is 8.50. The monoisotopic (exact) mass is 262 g/mol. The fourth-order valence-corrected chi connectivity index (χ4v) is 3.23. The summed E-state index contributed by atoms with van der Waals surface area (Å²) >= 11 is 0. The van der Waals surface area contributed by atoms with Gasteiger partial charge in [0.25, 0.3) is 0 Å². The molecule has 1 aromatic carbocycles. The summed E-state index contributed by atoms with van der Waals surface area (Å²) < 4.78 is 24.5. The Kier molecular flexibility index (Phi) is 3.34. The average molecular weight is 262 g/mol. The molecule has 2 N–H and O–H groups in total. The molecular weight excluding hydrogens is 248 g/mol. The standard InChI is InChI=1S/C13H14N2O2S/c1-10-5-2-3-6-11(10)9-18(16,17)13-12(14)7-4-8-15-13/h2-8H,9,14H2,1H3. The molecule has 0 amide bonds. The van der Waals surface area contributed by atoms with Crippen molar-refractivity contribution in [2.45, 2.75) is 17.7 Å². The minimum Gasteiger partial charge on any atom is -0.396 e. The maximum Gasteiger partial charge on any atom is 0.201 e. The van der Waals surface area contributed by atoms with E-state index in [0.29, 0.717) is 0 Å². The van der Waals surface area contributed by atoms with E-state index in [1.807, 2.05) is 25.1 Å². The Hall–Kier alpha value is -1.88. The highest BCUT2D eigenvalue weighted by Crippen LogP contribution is 2.21. The van der Waals surface area contributed by atoms with E-state index in [2.05, 4.69) is 4.98 Å². The molecule has 1 aromatic heterocycles. The summed E-state index contributed by atoms with van der Waals surface area (Å²) in [4.78, 5) is 3.86. The van der Waals surface area contributed by atoms with E-state index < -0.39 is 9.84 Å². The zero-order valence-electron chi connectivity index (χ0n) is 10.00. The van der Waals surface area contributed by atoms with Crippen molar-refractivity contribution in [1.82, 2.24) is 4.98 Å². The Morgan fingerprint density at radius 2 is 1.89 bits per heavy atom. The average Bonchev–Trinajstić information content (AvgIpc) is 2.32. The molecule has 0 saturated heterocycles. The van der Waals surface area contributed by atoms with E-state index >= 15 is 0 Å². The summed E-state index contributed by atoms with van der Waals surface area (Å²) in [6.45, 7) is 1.88. The molecule has 2 aromatic rings. The molecule has 0 saturated carbocycles. The number of anilines is 1. The normalized spacial score (nSPS) is 11.4. The Labute approximate surface area is 106 Å². The first-order valence-corrected chi connectivity index (χ1v) is 7.14. The van der Waals surface area contributed by atoms with Crippen LogP contribution in [0.1, 0.15) is 11.1 Å². The minimum absolute atomic E-state index is 0.0479. The summed E-state index contributed by atoms with van der Waals surface area (Å²) in [7, 11) is -3.50. The number of benzene rings is 1. The molecule has 0 atom stereocenters. The van der Waals surface area contributed by atoms with Crippen molar-refractivity contribution >= 4 is 15.5 Å². The van der Waals surface area contributed by atoms with Gasteiger partial charge in [0.2, 0.25) is 9.84 Å². The lowest BCUT2D eigenvalue weighted by Crippen LogP contribution is -2.10. The van der Waals surface area contributed by atoms with Crippen LogP contribution in [-0.2, 0) is 15.6 Å². The fourth-order valence-electron chi connectivity index (χ4n) is 1.71. The highest BCUT2D eigenvalue weighted by atomic mass is 32.2. The smallest absolute Gasteiger partial charge is 0.201 e. The van der Waals surface area contributed by atoms with Gasteiger partial charge in [-0.3, -0.25) is 0 Å². The number of hydrogen-bond acceptors (Lipinski definition) is 4. The van der Waals surface area contributed by atoms with Crippen LogP contribution >= 0.6 is 0 Å². The third kappa shape index (κ3) is 2.51. The van der Waals surface area contributed by atoms with Gasteiger partial charge in [0, 0.05) is 6.20 Å². The zero-order chi connectivity index (χ0) is 13.2. The molecule has 5 heteroatoms. The molecule has 18 heavy (non-hydrogen) atoms. The number of nitrogens with two attached hydrogens (primary N) is 1. The quantitative estimate of drug-likeness (QED) is 0.917. The Morgan fingerprint density at radius 3 is 2.56 bits per heavy atom. The predicted octanol–water partition coefficient (Wildman–Crippen LogP) is 1.95. The summed E-state index contributed by atoms with van der Waals surface area (Å²) in [5, 5.41) is -0.0479. The molecule has 0 radical (unpaired) electrons. The lowest BCUT2D eigenvalue weighted by molar-refractivity contribution is 0.592. The third-order valence-corrected chi connectivity index (χ3v) is 4.32. The third-order valence-electron chi connectivity index (χ3n) is 2.70. The molecule has 2 rings (SSSR count). The SMILES string of the molecule is Cc1ccccc1CS(=O)(=O)c1ncccc1N. The molecular formula is C13H14N2O2S. The number of sulfone groups is 1. The van der Waals surface area contributed by atoms with Gasteiger partial charge in [-0.15, -0.1) is 0 Å². The molecule has 0 bridgehead atoms. The first kappa shape index (κ1) is 12.6. The summed E-state index contributed by atoms with van der Waals surface area (Å²) in [5.41, 5.74) is 7.55. The molecule has 1 heterocycles. The Bertz CT molecular complexity index is 666. The molecule has 0 unspecified atom stereocenters. The number of rotatable bonds is 3. The van der Waals surface area contributed by atoms with Gasteiger partial charge in [-0.25, -0.2) is 13.4 Å². The maximum atomic E-state index is 12.2. The topological polar surface area (TPSA) is 73.0 Å².